The van der Waals surface area contributed by atoms with Crippen LogP contribution in [0.4, 0.5) is 4.79 Å². The molecule has 2 aliphatic heterocycles. The van der Waals surface area contributed by atoms with E-state index in [1.165, 1.54) is 29.5 Å². The summed E-state index contributed by atoms with van der Waals surface area (Å²) in [6.45, 7) is 6.58. The number of cyclic esters (lactones) is 1. The molecule has 4 aliphatic rings. The number of alkyl carbamates (subject to hydrolysis) is 1. The van der Waals surface area contributed by atoms with Gasteiger partial charge in [-0.25, -0.2) is 4.79 Å². The second-order valence-electron chi connectivity index (χ2n) is 9.31. The van der Waals surface area contributed by atoms with Gasteiger partial charge in [0.05, 0.1) is 5.54 Å². The molecule has 0 atom stereocenters. The fourth-order valence-corrected chi connectivity index (χ4v) is 5.67. The minimum Gasteiger partial charge on any atom is -0.447 e. The number of rotatable bonds is 2. The zero-order valence-electron chi connectivity index (χ0n) is 15.5. The smallest absolute Gasteiger partial charge is 0.407 e. The summed E-state index contributed by atoms with van der Waals surface area (Å²) >= 11 is 0. The normalized spacial score (nSPS) is 28.2. The van der Waals surface area contributed by atoms with E-state index in [1.54, 1.807) is 0 Å². The molecule has 2 saturated heterocycles. The van der Waals surface area contributed by atoms with Crippen LogP contribution in [0.5, 0.6) is 0 Å². The van der Waals surface area contributed by atoms with Crippen LogP contribution in [0.3, 0.4) is 0 Å². The molecule has 1 aromatic carbocycles. The van der Waals surface area contributed by atoms with E-state index in [1.807, 2.05) is 4.90 Å². The quantitative estimate of drug-likeness (QED) is 0.888. The first-order valence-electron chi connectivity index (χ1n) is 9.67. The number of benzene rings is 1. The van der Waals surface area contributed by atoms with Crippen molar-refractivity contribution in [2.24, 2.45) is 11.3 Å². The molecule has 0 bridgehead atoms. The summed E-state index contributed by atoms with van der Waals surface area (Å²) in [6.07, 6.45) is 3.53. The third-order valence-electron chi connectivity index (χ3n) is 6.91. The lowest BCUT2D eigenvalue weighted by atomic mass is 9.55. The highest BCUT2D eigenvalue weighted by molar-refractivity contribution is 5.82. The number of ether oxygens (including phenoxy) is 1. The zero-order chi connectivity index (χ0) is 18.1. The Hall–Kier alpha value is -2.04. The zero-order valence-corrected chi connectivity index (χ0v) is 15.5. The summed E-state index contributed by atoms with van der Waals surface area (Å²) in [5.41, 5.74) is 4.26. The van der Waals surface area contributed by atoms with Gasteiger partial charge in [-0.1, -0.05) is 29.3 Å². The van der Waals surface area contributed by atoms with E-state index >= 15 is 0 Å². The average Bonchev–Trinajstić information content (AvgIpc) is 2.84. The molecule has 0 radical (unpaired) electrons. The van der Waals surface area contributed by atoms with Crippen molar-refractivity contribution in [3.05, 3.63) is 34.9 Å². The second kappa shape index (κ2) is 5.24. The highest BCUT2D eigenvalue weighted by Gasteiger charge is 2.58. The third kappa shape index (κ3) is 2.43. The van der Waals surface area contributed by atoms with E-state index in [0.717, 1.165) is 25.9 Å². The molecule has 1 aromatic rings. The van der Waals surface area contributed by atoms with Gasteiger partial charge in [-0.05, 0) is 51.0 Å². The summed E-state index contributed by atoms with van der Waals surface area (Å²) < 4.78 is 4.99. The predicted octanol–water partition coefficient (Wildman–Crippen LogP) is 2.90. The summed E-state index contributed by atoms with van der Waals surface area (Å²) in [7, 11) is 0. The molecule has 5 heteroatoms. The van der Waals surface area contributed by atoms with Crippen LogP contribution in [-0.2, 0) is 9.53 Å². The Morgan fingerprint density at radius 2 is 1.77 bits per heavy atom. The largest absolute Gasteiger partial charge is 0.447 e. The van der Waals surface area contributed by atoms with Crippen molar-refractivity contribution < 1.29 is 14.3 Å². The standard InChI is InChI=1S/C21H26N2O3/c1-13-3-14(2)5-15(4-13)16-6-20(7-16)10-23(11-20)18(24)17-8-21(9-17)12-26-19(25)22-21/h3-5,16-17H,6-12H2,1-2H3,(H,22,25). The number of likely N-dealkylation sites (tertiary alicyclic amines) is 1. The summed E-state index contributed by atoms with van der Waals surface area (Å²) in [6, 6.07) is 6.86. The molecular weight excluding hydrogens is 328 g/mol. The summed E-state index contributed by atoms with van der Waals surface area (Å²) in [5, 5.41) is 2.87. The number of hydrogen-bond donors (Lipinski definition) is 1. The van der Waals surface area contributed by atoms with Crippen LogP contribution >= 0.6 is 0 Å². The molecule has 0 aromatic heterocycles. The van der Waals surface area contributed by atoms with E-state index in [-0.39, 0.29) is 23.5 Å². The minimum absolute atomic E-state index is 0.0599. The van der Waals surface area contributed by atoms with Crippen molar-refractivity contribution in [2.45, 2.75) is 51.0 Å². The Morgan fingerprint density at radius 1 is 1.12 bits per heavy atom. The number of nitrogens with one attached hydrogen (secondary N) is 1. The highest BCUT2D eigenvalue weighted by atomic mass is 16.6. The molecule has 5 rings (SSSR count). The van der Waals surface area contributed by atoms with Gasteiger partial charge < -0.3 is 15.0 Å². The summed E-state index contributed by atoms with van der Waals surface area (Å²) in [4.78, 5) is 25.9. The van der Waals surface area contributed by atoms with Crippen molar-refractivity contribution >= 4 is 12.0 Å². The minimum atomic E-state index is -0.342. The van der Waals surface area contributed by atoms with Gasteiger partial charge >= 0.3 is 6.09 Å². The van der Waals surface area contributed by atoms with Gasteiger partial charge in [0, 0.05) is 24.4 Å². The SMILES string of the molecule is Cc1cc(C)cc(C2CC3(C2)CN(C(=O)C2CC4(COC(=O)N4)C2)C3)c1. The predicted molar refractivity (Wildman–Crippen MR) is 96.8 cm³/mol. The van der Waals surface area contributed by atoms with E-state index in [9.17, 15) is 9.59 Å². The topological polar surface area (TPSA) is 58.6 Å². The van der Waals surface area contributed by atoms with Crippen molar-refractivity contribution in [3.8, 4) is 0 Å². The molecule has 4 fully saturated rings. The molecule has 26 heavy (non-hydrogen) atoms. The molecule has 2 saturated carbocycles. The third-order valence-corrected chi connectivity index (χ3v) is 6.91. The fraction of sp³-hybridized carbons (Fsp3) is 0.619. The van der Waals surface area contributed by atoms with Gasteiger partial charge in [0.2, 0.25) is 5.91 Å². The maximum Gasteiger partial charge on any atom is 0.407 e. The van der Waals surface area contributed by atoms with Crippen molar-refractivity contribution in [1.82, 2.24) is 10.2 Å². The highest BCUT2D eigenvalue weighted by Crippen LogP contribution is 2.57. The Balaban J connectivity index is 1.13. The van der Waals surface area contributed by atoms with Crippen molar-refractivity contribution in [1.29, 1.82) is 0 Å². The van der Waals surface area contributed by atoms with Gasteiger partial charge in [-0.3, -0.25) is 4.79 Å². The average molecular weight is 354 g/mol. The number of carbonyl (C=O) groups excluding carboxylic acids is 2. The van der Waals surface area contributed by atoms with E-state index in [0.29, 0.717) is 17.9 Å². The monoisotopic (exact) mass is 354 g/mol. The number of nitrogens with zero attached hydrogens (tertiary/aromatic N) is 1. The number of amides is 2. The first-order valence-corrected chi connectivity index (χ1v) is 9.67. The number of aryl methyl sites for hydroxylation is 2. The van der Waals surface area contributed by atoms with Gasteiger partial charge in [0.15, 0.2) is 0 Å². The number of carbonyl (C=O) groups is 2. The lowest BCUT2D eigenvalue weighted by Gasteiger charge is -2.60. The van der Waals surface area contributed by atoms with Crippen LogP contribution in [0.1, 0.15) is 48.3 Å². The maximum absolute atomic E-state index is 12.7. The molecule has 2 aliphatic carbocycles. The molecule has 138 valence electrons. The van der Waals surface area contributed by atoms with Crippen molar-refractivity contribution in [3.63, 3.8) is 0 Å². The molecule has 5 nitrogen and oxygen atoms in total. The first-order chi connectivity index (χ1) is 12.4. The second-order valence-corrected chi connectivity index (χ2v) is 9.31. The Kier molecular flexibility index (Phi) is 3.26. The van der Waals surface area contributed by atoms with Gasteiger partial charge in [-0.2, -0.15) is 0 Å². The Morgan fingerprint density at radius 3 is 2.35 bits per heavy atom. The molecule has 2 heterocycles. The van der Waals surface area contributed by atoms with E-state index in [4.69, 9.17) is 4.74 Å². The summed E-state index contributed by atoms with van der Waals surface area (Å²) in [5.74, 6) is 0.991. The van der Waals surface area contributed by atoms with Crippen LogP contribution < -0.4 is 5.32 Å². The molecule has 0 unspecified atom stereocenters. The van der Waals surface area contributed by atoms with Crippen LogP contribution in [0, 0.1) is 25.2 Å². The molecule has 2 spiro atoms. The Bertz CT molecular complexity index is 762. The van der Waals surface area contributed by atoms with Crippen LogP contribution in [-0.4, -0.2) is 42.1 Å². The maximum atomic E-state index is 12.7. The van der Waals surface area contributed by atoms with Gasteiger partial charge in [0.25, 0.3) is 0 Å². The Labute approximate surface area is 154 Å². The fourth-order valence-electron chi connectivity index (χ4n) is 5.67. The lowest BCUT2D eigenvalue weighted by Crippen LogP contribution is -2.66. The molecule has 2 amide bonds. The van der Waals surface area contributed by atoms with E-state index in [2.05, 4.69) is 37.4 Å². The van der Waals surface area contributed by atoms with Crippen LogP contribution in [0.25, 0.3) is 0 Å². The van der Waals surface area contributed by atoms with Crippen LogP contribution in [0.2, 0.25) is 0 Å². The first kappa shape index (κ1) is 16.2. The van der Waals surface area contributed by atoms with Gasteiger partial charge in [0.1, 0.15) is 6.61 Å². The van der Waals surface area contributed by atoms with Crippen molar-refractivity contribution in [2.75, 3.05) is 19.7 Å². The van der Waals surface area contributed by atoms with E-state index < -0.39 is 0 Å². The number of hydrogen-bond acceptors (Lipinski definition) is 3. The molecular formula is C21H26N2O3. The molecule has 1 N–H and O–H groups in total. The van der Waals surface area contributed by atoms with Crippen LogP contribution in [0.15, 0.2) is 18.2 Å². The van der Waals surface area contributed by atoms with Gasteiger partial charge in [-0.15, -0.1) is 0 Å². The lowest BCUT2D eigenvalue weighted by molar-refractivity contribution is -0.161.